The van der Waals surface area contributed by atoms with E-state index in [0.29, 0.717) is 22.0 Å². The normalized spacial score (nSPS) is 10.4. The molecule has 0 radical (unpaired) electrons. The van der Waals surface area contributed by atoms with Crippen molar-refractivity contribution in [2.45, 2.75) is 0 Å². The van der Waals surface area contributed by atoms with E-state index in [1.165, 1.54) is 0 Å². The zero-order chi connectivity index (χ0) is 20.1. The Labute approximate surface area is 173 Å². The fraction of sp³-hybridized carbons (Fsp3) is 0. The van der Waals surface area contributed by atoms with Gasteiger partial charge in [0, 0.05) is 34.2 Å². The molecule has 1 N–H and O–H groups in total. The molecule has 0 unspecified atom stereocenters. The van der Waals surface area contributed by atoms with Crippen molar-refractivity contribution in [1.82, 2.24) is 9.97 Å². The largest absolute Gasteiger partial charge is 0.424 e. The zero-order valence-electron chi connectivity index (χ0n) is 15.2. The first-order valence-electron chi connectivity index (χ1n) is 8.90. The van der Waals surface area contributed by atoms with E-state index in [1.807, 2.05) is 42.5 Å². The number of hydrogen-bond acceptors (Lipinski definition) is 4. The molecule has 0 atom stereocenters. The second-order valence-electron chi connectivity index (χ2n) is 6.21. The number of ether oxygens (including phenoxy) is 1. The van der Waals surface area contributed by atoms with Gasteiger partial charge in [0.1, 0.15) is 5.75 Å². The first-order chi connectivity index (χ1) is 14.2. The summed E-state index contributed by atoms with van der Waals surface area (Å²) >= 11 is 5.95. The number of benzene rings is 3. The molecule has 1 amide bonds. The molecule has 0 spiro atoms. The number of amides is 1. The van der Waals surface area contributed by atoms with E-state index in [2.05, 4.69) is 15.3 Å². The molecule has 3 aromatic carbocycles. The van der Waals surface area contributed by atoms with Gasteiger partial charge in [0.25, 0.3) is 5.91 Å². The predicted molar refractivity (Wildman–Crippen MR) is 113 cm³/mol. The van der Waals surface area contributed by atoms with Crippen molar-refractivity contribution in [1.29, 1.82) is 0 Å². The number of carbonyl (C=O) groups is 1. The average molecular weight is 402 g/mol. The molecule has 6 heteroatoms. The van der Waals surface area contributed by atoms with Gasteiger partial charge in [-0.1, -0.05) is 48.0 Å². The van der Waals surface area contributed by atoms with E-state index in [9.17, 15) is 4.79 Å². The van der Waals surface area contributed by atoms with Crippen LogP contribution in [0.4, 0.5) is 5.69 Å². The van der Waals surface area contributed by atoms with Crippen molar-refractivity contribution in [3.8, 4) is 22.9 Å². The highest BCUT2D eigenvalue weighted by Gasteiger charge is 2.08. The molecule has 0 aliphatic carbocycles. The highest BCUT2D eigenvalue weighted by Crippen LogP contribution is 2.22. The van der Waals surface area contributed by atoms with E-state index in [-0.39, 0.29) is 11.9 Å². The standard InChI is InChI=1S/C23H16ClN3O2/c24-19-5-4-6-20(13-19)27-22(28)17-11-9-16(10-12-17)18-14-25-23(26-15-18)29-21-7-2-1-3-8-21/h1-15H,(H,27,28). The molecule has 4 aromatic rings. The van der Waals surface area contributed by atoms with Gasteiger partial charge in [-0.2, -0.15) is 0 Å². The Morgan fingerprint density at radius 3 is 2.24 bits per heavy atom. The number of para-hydroxylation sites is 1. The van der Waals surface area contributed by atoms with Crippen LogP contribution in [0.1, 0.15) is 10.4 Å². The molecule has 0 saturated carbocycles. The number of hydrogen-bond donors (Lipinski definition) is 1. The van der Waals surface area contributed by atoms with E-state index < -0.39 is 0 Å². The lowest BCUT2D eigenvalue weighted by atomic mass is 10.1. The van der Waals surface area contributed by atoms with Crippen LogP contribution in [0.5, 0.6) is 11.8 Å². The Balaban J connectivity index is 1.44. The summed E-state index contributed by atoms with van der Waals surface area (Å²) in [6.45, 7) is 0. The lowest BCUT2D eigenvalue weighted by molar-refractivity contribution is 0.102. The molecule has 1 aromatic heterocycles. The molecule has 0 aliphatic heterocycles. The molecular formula is C23H16ClN3O2. The summed E-state index contributed by atoms with van der Waals surface area (Å²) in [5, 5.41) is 3.39. The molecule has 1 heterocycles. The number of aromatic nitrogens is 2. The molecule has 0 saturated heterocycles. The topological polar surface area (TPSA) is 64.1 Å². The third kappa shape index (κ3) is 4.78. The maximum Gasteiger partial charge on any atom is 0.321 e. The molecule has 0 aliphatic rings. The molecule has 0 fully saturated rings. The second-order valence-corrected chi connectivity index (χ2v) is 6.65. The third-order valence-electron chi connectivity index (χ3n) is 4.14. The minimum Gasteiger partial charge on any atom is -0.424 e. The van der Waals surface area contributed by atoms with Crippen molar-refractivity contribution in [2.24, 2.45) is 0 Å². The predicted octanol–water partition coefficient (Wildman–Crippen LogP) is 5.84. The van der Waals surface area contributed by atoms with Crippen molar-refractivity contribution in [2.75, 3.05) is 5.32 Å². The van der Waals surface area contributed by atoms with E-state index in [0.717, 1.165) is 11.1 Å². The van der Waals surface area contributed by atoms with Crippen molar-refractivity contribution < 1.29 is 9.53 Å². The lowest BCUT2D eigenvalue weighted by Gasteiger charge is -2.07. The van der Waals surface area contributed by atoms with Gasteiger partial charge in [-0.25, -0.2) is 9.97 Å². The summed E-state index contributed by atoms with van der Waals surface area (Å²) in [7, 11) is 0. The first-order valence-corrected chi connectivity index (χ1v) is 9.27. The second kappa shape index (κ2) is 8.54. The van der Waals surface area contributed by atoms with Crippen LogP contribution in [0, 0.1) is 0 Å². The number of nitrogens with one attached hydrogen (secondary N) is 1. The quantitative estimate of drug-likeness (QED) is 0.456. The lowest BCUT2D eigenvalue weighted by Crippen LogP contribution is -2.11. The van der Waals surface area contributed by atoms with Gasteiger partial charge in [-0.15, -0.1) is 0 Å². The molecule has 142 valence electrons. The number of halogens is 1. The number of carbonyl (C=O) groups excluding carboxylic acids is 1. The van der Waals surface area contributed by atoms with Gasteiger partial charge in [0.05, 0.1) is 0 Å². The van der Waals surface area contributed by atoms with Gasteiger partial charge < -0.3 is 10.1 Å². The number of rotatable bonds is 5. The van der Waals surface area contributed by atoms with Gasteiger partial charge in [0.2, 0.25) is 0 Å². The summed E-state index contributed by atoms with van der Waals surface area (Å²) in [6.07, 6.45) is 3.37. The maximum absolute atomic E-state index is 12.4. The van der Waals surface area contributed by atoms with Crippen LogP contribution >= 0.6 is 11.6 Å². The van der Waals surface area contributed by atoms with Crippen LogP contribution in [0.15, 0.2) is 91.3 Å². The highest BCUT2D eigenvalue weighted by molar-refractivity contribution is 6.31. The molecule has 29 heavy (non-hydrogen) atoms. The van der Waals surface area contributed by atoms with Crippen LogP contribution in [-0.2, 0) is 0 Å². The summed E-state index contributed by atoms with van der Waals surface area (Å²) < 4.78 is 5.60. The van der Waals surface area contributed by atoms with Crippen molar-refractivity contribution in [3.05, 3.63) is 102 Å². The van der Waals surface area contributed by atoms with E-state index in [4.69, 9.17) is 16.3 Å². The SMILES string of the molecule is O=C(Nc1cccc(Cl)c1)c1ccc(-c2cnc(Oc3ccccc3)nc2)cc1. The maximum atomic E-state index is 12.4. The average Bonchev–Trinajstić information content (AvgIpc) is 2.75. The van der Waals surface area contributed by atoms with Crippen LogP contribution in [0.2, 0.25) is 5.02 Å². The number of nitrogens with zero attached hydrogens (tertiary/aromatic N) is 2. The van der Waals surface area contributed by atoms with Gasteiger partial charge in [-0.05, 0) is 48.0 Å². The fourth-order valence-electron chi connectivity index (χ4n) is 2.70. The van der Waals surface area contributed by atoms with Crippen molar-refractivity contribution in [3.63, 3.8) is 0 Å². The smallest absolute Gasteiger partial charge is 0.321 e. The summed E-state index contributed by atoms with van der Waals surface area (Å²) in [4.78, 5) is 20.9. The van der Waals surface area contributed by atoms with E-state index in [1.54, 1.807) is 48.8 Å². The minimum absolute atomic E-state index is 0.207. The van der Waals surface area contributed by atoms with Crippen LogP contribution < -0.4 is 10.1 Å². The molecule has 0 bridgehead atoms. The third-order valence-corrected chi connectivity index (χ3v) is 4.38. The summed E-state index contributed by atoms with van der Waals surface area (Å²) in [6, 6.07) is 23.9. The zero-order valence-corrected chi connectivity index (χ0v) is 16.0. The monoisotopic (exact) mass is 401 g/mol. The van der Waals surface area contributed by atoms with Gasteiger partial charge >= 0.3 is 6.01 Å². The van der Waals surface area contributed by atoms with Crippen LogP contribution in [-0.4, -0.2) is 15.9 Å². The number of anilines is 1. The van der Waals surface area contributed by atoms with Crippen LogP contribution in [0.3, 0.4) is 0 Å². The minimum atomic E-state index is -0.207. The van der Waals surface area contributed by atoms with Gasteiger partial charge in [0.15, 0.2) is 0 Å². The highest BCUT2D eigenvalue weighted by atomic mass is 35.5. The Morgan fingerprint density at radius 2 is 1.55 bits per heavy atom. The molecule has 5 nitrogen and oxygen atoms in total. The molecule has 4 rings (SSSR count). The Kier molecular flexibility index (Phi) is 5.49. The Morgan fingerprint density at radius 1 is 0.828 bits per heavy atom. The Bertz CT molecular complexity index is 1110. The van der Waals surface area contributed by atoms with E-state index >= 15 is 0 Å². The van der Waals surface area contributed by atoms with Crippen molar-refractivity contribution >= 4 is 23.2 Å². The fourth-order valence-corrected chi connectivity index (χ4v) is 2.89. The Hall–Kier alpha value is -3.70. The first kappa shape index (κ1) is 18.7. The summed E-state index contributed by atoms with van der Waals surface area (Å²) in [5.41, 5.74) is 2.91. The van der Waals surface area contributed by atoms with Crippen LogP contribution in [0.25, 0.3) is 11.1 Å². The molecular weight excluding hydrogens is 386 g/mol. The summed E-state index contributed by atoms with van der Waals surface area (Å²) in [5.74, 6) is 0.469. The van der Waals surface area contributed by atoms with Gasteiger partial charge in [-0.3, -0.25) is 4.79 Å².